The van der Waals surface area contributed by atoms with Crippen molar-refractivity contribution in [3.05, 3.63) is 29.6 Å². The van der Waals surface area contributed by atoms with Gasteiger partial charge in [-0.1, -0.05) is 0 Å². The van der Waals surface area contributed by atoms with E-state index < -0.39 is 0 Å². The van der Waals surface area contributed by atoms with Gasteiger partial charge in [-0.25, -0.2) is 4.39 Å². The molecule has 1 aromatic carbocycles. The second kappa shape index (κ2) is 3.34. The number of nitrogens with two attached hydrogens (primary N) is 1. The summed E-state index contributed by atoms with van der Waals surface area (Å²) in [6, 6.07) is 4.29. The number of halogens is 1. The molecule has 0 radical (unpaired) electrons. The van der Waals surface area contributed by atoms with E-state index in [9.17, 15) is 4.39 Å². The molecule has 0 fully saturated rings. The molecule has 2 N–H and O–H groups in total. The molecule has 3 heteroatoms. The minimum Gasteiger partial charge on any atom is -0.496 e. The molecule has 11 heavy (non-hydrogen) atoms. The molecule has 0 atom stereocenters. The van der Waals surface area contributed by atoms with Gasteiger partial charge in [-0.3, -0.25) is 0 Å². The number of ether oxygens (including phenoxy) is 1. The number of rotatable bonds is 2. The van der Waals surface area contributed by atoms with Gasteiger partial charge in [0.1, 0.15) is 11.6 Å². The quantitative estimate of drug-likeness (QED) is 0.698. The van der Waals surface area contributed by atoms with E-state index in [4.69, 9.17) is 10.5 Å². The van der Waals surface area contributed by atoms with Gasteiger partial charge in [-0.05, 0) is 18.2 Å². The van der Waals surface area contributed by atoms with Crippen LogP contribution in [0.5, 0.6) is 5.75 Å². The van der Waals surface area contributed by atoms with Crippen molar-refractivity contribution in [3.8, 4) is 5.75 Å². The zero-order chi connectivity index (χ0) is 8.27. The molecule has 0 spiro atoms. The van der Waals surface area contributed by atoms with E-state index in [-0.39, 0.29) is 5.82 Å². The Hall–Kier alpha value is -1.09. The molecule has 0 saturated heterocycles. The van der Waals surface area contributed by atoms with E-state index in [1.54, 1.807) is 6.07 Å². The first-order chi connectivity index (χ1) is 5.27. The molecule has 2 nitrogen and oxygen atoms in total. The van der Waals surface area contributed by atoms with Crippen LogP contribution in [-0.4, -0.2) is 7.11 Å². The van der Waals surface area contributed by atoms with Gasteiger partial charge in [0.25, 0.3) is 0 Å². The fraction of sp³-hybridized carbons (Fsp3) is 0.250. The number of methoxy groups -OCH3 is 1. The summed E-state index contributed by atoms with van der Waals surface area (Å²) in [5.41, 5.74) is 6.04. The van der Waals surface area contributed by atoms with Crippen LogP contribution in [0.3, 0.4) is 0 Å². The summed E-state index contributed by atoms with van der Waals surface area (Å²) in [5.74, 6) is 0.347. The minimum atomic E-state index is -0.286. The highest BCUT2D eigenvalue weighted by Crippen LogP contribution is 2.17. The molecule has 0 amide bonds. The molecule has 0 aromatic heterocycles. The Labute approximate surface area is 64.8 Å². The Morgan fingerprint density at radius 1 is 1.55 bits per heavy atom. The van der Waals surface area contributed by atoms with Crippen molar-refractivity contribution in [2.24, 2.45) is 5.73 Å². The lowest BCUT2D eigenvalue weighted by atomic mass is 10.2. The van der Waals surface area contributed by atoms with Crippen LogP contribution < -0.4 is 10.5 Å². The summed E-state index contributed by atoms with van der Waals surface area (Å²) in [6.45, 7) is 0.293. The zero-order valence-corrected chi connectivity index (χ0v) is 6.30. The highest BCUT2D eigenvalue weighted by molar-refractivity contribution is 5.33. The average molecular weight is 155 g/mol. The Morgan fingerprint density at radius 3 is 2.82 bits per heavy atom. The highest BCUT2D eigenvalue weighted by atomic mass is 19.1. The van der Waals surface area contributed by atoms with Gasteiger partial charge in [0.05, 0.1) is 7.11 Å². The summed E-state index contributed by atoms with van der Waals surface area (Å²) in [6.07, 6.45) is 0. The van der Waals surface area contributed by atoms with Gasteiger partial charge in [0, 0.05) is 12.1 Å². The normalized spacial score (nSPS) is 9.73. The van der Waals surface area contributed by atoms with Crippen LogP contribution in [0.15, 0.2) is 18.2 Å². The van der Waals surface area contributed by atoms with Crippen molar-refractivity contribution in [3.63, 3.8) is 0 Å². The number of benzene rings is 1. The second-order valence-corrected chi connectivity index (χ2v) is 2.16. The average Bonchev–Trinajstić information content (AvgIpc) is 2.04. The molecule has 1 aromatic rings. The van der Waals surface area contributed by atoms with E-state index in [2.05, 4.69) is 0 Å². The van der Waals surface area contributed by atoms with Crippen molar-refractivity contribution in [1.29, 1.82) is 0 Å². The summed E-state index contributed by atoms with van der Waals surface area (Å²) >= 11 is 0. The van der Waals surface area contributed by atoms with Crippen LogP contribution in [0.25, 0.3) is 0 Å². The second-order valence-electron chi connectivity index (χ2n) is 2.16. The van der Waals surface area contributed by atoms with Crippen molar-refractivity contribution in [1.82, 2.24) is 0 Å². The molecule has 1 rings (SSSR count). The van der Waals surface area contributed by atoms with Crippen molar-refractivity contribution in [2.75, 3.05) is 7.11 Å². The topological polar surface area (TPSA) is 35.2 Å². The first-order valence-electron chi connectivity index (χ1n) is 3.30. The molecule has 60 valence electrons. The minimum absolute atomic E-state index is 0.286. The predicted octanol–water partition coefficient (Wildman–Crippen LogP) is 1.29. The lowest BCUT2D eigenvalue weighted by molar-refractivity contribution is 0.408. The predicted molar refractivity (Wildman–Crippen MR) is 40.8 cm³/mol. The fourth-order valence-electron chi connectivity index (χ4n) is 0.907. The van der Waals surface area contributed by atoms with E-state index in [1.807, 2.05) is 0 Å². The van der Waals surface area contributed by atoms with Gasteiger partial charge in [-0.2, -0.15) is 0 Å². The molecule has 0 unspecified atom stereocenters. The van der Waals surface area contributed by atoms with E-state index >= 15 is 0 Å². The molecular formula is C8H10FNO. The standard InChI is InChI=1S/C8H10FNO/c1-11-8-3-2-7(9)4-6(8)5-10/h2-4H,5,10H2,1H3. The van der Waals surface area contributed by atoms with Gasteiger partial charge in [-0.15, -0.1) is 0 Å². The fourth-order valence-corrected chi connectivity index (χ4v) is 0.907. The first-order valence-corrected chi connectivity index (χ1v) is 3.30. The maximum absolute atomic E-state index is 12.6. The third-order valence-electron chi connectivity index (χ3n) is 1.46. The molecule has 0 aliphatic carbocycles. The third kappa shape index (κ3) is 1.68. The van der Waals surface area contributed by atoms with Crippen LogP contribution >= 0.6 is 0 Å². The molecule has 0 aliphatic heterocycles. The number of hydrogen-bond acceptors (Lipinski definition) is 2. The van der Waals surface area contributed by atoms with Crippen molar-refractivity contribution in [2.45, 2.75) is 6.54 Å². The zero-order valence-electron chi connectivity index (χ0n) is 6.30. The van der Waals surface area contributed by atoms with E-state index in [0.717, 1.165) is 0 Å². The molecule has 0 bridgehead atoms. The summed E-state index contributed by atoms with van der Waals surface area (Å²) in [7, 11) is 1.53. The highest BCUT2D eigenvalue weighted by Gasteiger charge is 2.00. The first kappa shape index (κ1) is 8.01. The summed E-state index contributed by atoms with van der Waals surface area (Å²) < 4.78 is 17.5. The Bertz CT molecular complexity index is 250. The monoisotopic (exact) mass is 155 g/mol. The van der Waals surface area contributed by atoms with Crippen molar-refractivity contribution < 1.29 is 9.13 Å². The van der Waals surface area contributed by atoms with Gasteiger partial charge >= 0.3 is 0 Å². The van der Waals surface area contributed by atoms with Gasteiger partial charge in [0.15, 0.2) is 0 Å². The molecule has 0 saturated carbocycles. The Morgan fingerprint density at radius 2 is 2.27 bits per heavy atom. The molecule has 0 heterocycles. The van der Waals surface area contributed by atoms with Crippen LogP contribution in [0.4, 0.5) is 4.39 Å². The Kier molecular flexibility index (Phi) is 2.44. The van der Waals surface area contributed by atoms with Crippen LogP contribution in [0.2, 0.25) is 0 Å². The maximum atomic E-state index is 12.6. The lowest BCUT2D eigenvalue weighted by Gasteiger charge is -2.04. The smallest absolute Gasteiger partial charge is 0.123 e. The molecule has 0 aliphatic rings. The Balaban J connectivity index is 3.06. The largest absolute Gasteiger partial charge is 0.496 e. The van der Waals surface area contributed by atoms with Crippen LogP contribution in [0, 0.1) is 5.82 Å². The van der Waals surface area contributed by atoms with Gasteiger partial charge in [0.2, 0.25) is 0 Å². The third-order valence-corrected chi connectivity index (χ3v) is 1.46. The summed E-state index contributed by atoms with van der Waals surface area (Å²) in [5, 5.41) is 0. The van der Waals surface area contributed by atoms with Crippen LogP contribution in [-0.2, 0) is 6.54 Å². The maximum Gasteiger partial charge on any atom is 0.123 e. The SMILES string of the molecule is COc1ccc(F)cc1CN. The lowest BCUT2D eigenvalue weighted by Crippen LogP contribution is -2.00. The molecular weight excluding hydrogens is 145 g/mol. The number of hydrogen-bond donors (Lipinski definition) is 1. The van der Waals surface area contributed by atoms with Crippen LogP contribution in [0.1, 0.15) is 5.56 Å². The summed E-state index contributed by atoms with van der Waals surface area (Å²) in [4.78, 5) is 0. The van der Waals surface area contributed by atoms with Gasteiger partial charge < -0.3 is 10.5 Å². The van der Waals surface area contributed by atoms with E-state index in [0.29, 0.717) is 17.9 Å². The van der Waals surface area contributed by atoms with Crippen molar-refractivity contribution >= 4 is 0 Å². The van der Waals surface area contributed by atoms with E-state index in [1.165, 1.54) is 19.2 Å².